The second kappa shape index (κ2) is 7.48. The molecule has 0 amide bonds. The Balaban J connectivity index is 2.67. The lowest BCUT2D eigenvalue weighted by atomic mass is 9.73. The molecule has 2 atom stereocenters. The first kappa shape index (κ1) is 18.7. The fraction of sp³-hybridized carbons (Fsp3) is 0.381. The highest BCUT2D eigenvalue weighted by molar-refractivity contribution is 5.94. The van der Waals surface area contributed by atoms with Crippen LogP contribution in [0.5, 0.6) is 11.5 Å². The number of phenolic OH excluding ortho intramolecular Hbond substituents is 1. The maximum absolute atomic E-state index is 11.7. The number of benzene rings is 1. The number of hydrogen-bond donors (Lipinski definition) is 3. The van der Waals surface area contributed by atoms with Crippen LogP contribution in [-0.4, -0.2) is 21.3 Å². The van der Waals surface area contributed by atoms with E-state index in [0.29, 0.717) is 12.0 Å². The smallest absolute Gasteiger partial charge is 0.339 e. The molecular weight excluding hydrogens is 316 g/mol. The molecule has 0 fully saturated rings. The zero-order chi connectivity index (χ0) is 18.7. The topological polar surface area (TPSA) is 77.8 Å². The van der Waals surface area contributed by atoms with Gasteiger partial charge in [0, 0.05) is 17.9 Å². The molecular formula is C21H24O4. The zero-order valence-electron chi connectivity index (χ0n) is 14.7. The van der Waals surface area contributed by atoms with Crippen molar-refractivity contribution in [1.82, 2.24) is 0 Å². The number of allylic oxidation sites excluding steroid dienone is 3. The van der Waals surface area contributed by atoms with Gasteiger partial charge in [-0.1, -0.05) is 23.8 Å². The van der Waals surface area contributed by atoms with E-state index < -0.39 is 5.97 Å². The number of carboxylic acids is 1. The lowest BCUT2D eigenvalue weighted by molar-refractivity contribution is 0.0692. The molecule has 1 aliphatic carbocycles. The van der Waals surface area contributed by atoms with Crippen molar-refractivity contribution in [1.29, 1.82) is 0 Å². The van der Waals surface area contributed by atoms with E-state index in [-0.39, 0.29) is 40.9 Å². The fourth-order valence-corrected chi connectivity index (χ4v) is 3.60. The summed E-state index contributed by atoms with van der Waals surface area (Å²) in [5, 5.41) is 30.8. The van der Waals surface area contributed by atoms with Gasteiger partial charge >= 0.3 is 5.97 Å². The lowest BCUT2D eigenvalue weighted by Crippen LogP contribution is -2.18. The van der Waals surface area contributed by atoms with E-state index in [1.165, 1.54) is 6.07 Å². The Morgan fingerprint density at radius 2 is 2.12 bits per heavy atom. The third-order valence-electron chi connectivity index (χ3n) is 4.87. The van der Waals surface area contributed by atoms with Gasteiger partial charge in [0.05, 0.1) is 0 Å². The van der Waals surface area contributed by atoms with E-state index in [9.17, 15) is 20.1 Å². The van der Waals surface area contributed by atoms with Crippen LogP contribution in [0, 0.1) is 18.3 Å². The van der Waals surface area contributed by atoms with Gasteiger partial charge < -0.3 is 15.3 Å². The predicted octanol–water partition coefficient (Wildman–Crippen LogP) is 4.38. The Hall–Kier alpha value is -2.67. The first-order valence-electron chi connectivity index (χ1n) is 8.35. The summed E-state index contributed by atoms with van der Waals surface area (Å²) in [6, 6.07) is 1.42. The quantitative estimate of drug-likeness (QED) is 0.549. The molecule has 0 saturated heterocycles. The minimum Gasteiger partial charge on any atom is -0.507 e. The Bertz CT molecular complexity index is 780. The van der Waals surface area contributed by atoms with E-state index in [2.05, 4.69) is 12.5 Å². The van der Waals surface area contributed by atoms with Crippen LogP contribution >= 0.6 is 0 Å². The van der Waals surface area contributed by atoms with Gasteiger partial charge in [-0.2, -0.15) is 0 Å². The fourth-order valence-electron chi connectivity index (χ4n) is 3.60. The molecule has 2 rings (SSSR count). The van der Waals surface area contributed by atoms with E-state index in [0.717, 1.165) is 24.0 Å². The average molecular weight is 340 g/mol. The highest BCUT2D eigenvalue weighted by Crippen LogP contribution is 2.48. The van der Waals surface area contributed by atoms with E-state index >= 15 is 0 Å². The van der Waals surface area contributed by atoms with Crippen molar-refractivity contribution in [2.45, 2.75) is 45.4 Å². The van der Waals surface area contributed by atoms with Gasteiger partial charge in [0.25, 0.3) is 0 Å². The predicted molar refractivity (Wildman–Crippen MR) is 97.9 cm³/mol. The summed E-state index contributed by atoms with van der Waals surface area (Å²) in [6.45, 7) is 7.94. The summed E-state index contributed by atoms with van der Waals surface area (Å²) in [6.07, 6.45) is 9.62. The van der Waals surface area contributed by atoms with Gasteiger partial charge in [-0.3, -0.25) is 0 Å². The van der Waals surface area contributed by atoms with Crippen LogP contribution in [0.1, 0.15) is 60.5 Å². The standard InChI is InChI=1S/C21H24O4/c1-5-6-7-14-11-17(22)19(20(23)18(14)21(24)25)16-10-13(4)8-9-15(16)12(2)3/h1,10-11,15-16,22-23H,2,6-9H2,3-4H3,(H,24,25)/t15-,16+/m0/s1. The van der Waals surface area contributed by atoms with Crippen LogP contribution in [0.3, 0.4) is 0 Å². The highest BCUT2D eigenvalue weighted by Gasteiger charge is 2.32. The van der Waals surface area contributed by atoms with Crippen LogP contribution in [0.4, 0.5) is 0 Å². The number of carbonyl (C=O) groups is 1. The van der Waals surface area contributed by atoms with Crippen molar-refractivity contribution in [2.24, 2.45) is 5.92 Å². The number of aromatic hydroxyl groups is 2. The summed E-state index contributed by atoms with van der Waals surface area (Å²) in [7, 11) is 0. The van der Waals surface area contributed by atoms with E-state index in [4.69, 9.17) is 6.42 Å². The molecule has 0 saturated carbocycles. The molecule has 25 heavy (non-hydrogen) atoms. The van der Waals surface area contributed by atoms with E-state index in [1.807, 2.05) is 19.9 Å². The Morgan fingerprint density at radius 1 is 1.44 bits per heavy atom. The van der Waals surface area contributed by atoms with Crippen LogP contribution in [0.25, 0.3) is 0 Å². The zero-order valence-corrected chi connectivity index (χ0v) is 14.7. The molecule has 0 aliphatic heterocycles. The van der Waals surface area contributed by atoms with Crippen molar-refractivity contribution in [2.75, 3.05) is 0 Å². The molecule has 0 aromatic heterocycles. The average Bonchev–Trinajstić information content (AvgIpc) is 2.51. The number of terminal acetylenes is 1. The van der Waals surface area contributed by atoms with Crippen molar-refractivity contribution >= 4 is 5.97 Å². The summed E-state index contributed by atoms with van der Waals surface area (Å²) in [5.74, 6) is 0.489. The van der Waals surface area contributed by atoms with Gasteiger partial charge in [-0.15, -0.1) is 12.3 Å². The number of aromatic carboxylic acids is 1. The van der Waals surface area contributed by atoms with Crippen molar-refractivity contribution < 1.29 is 20.1 Å². The van der Waals surface area contributed by atoms with Gasteiger partial charge in [0.1, 0.15) is 17.1 Å². The SMILES string of the molecule is C#CCCc1cc(O)c([C@@H]2C=C(C)CC[C@H]2C(=C)C)c(O)c1C(=O)O. The van der Waals surface area contributed by atoms with Crippen molar-refractivity contribution in [3.8, 4) is 23.8 Å². The number of rotatable bonds is 5. The Kier molecular flexibility index (Phi) is 5.58. The first-order valence-corrected chi connectivity index (χ1v) is 8.35. The van der Waals surface area contributed by atoms with Crippen molar-refractivity contribution in [3.63, 3.8) is 0 Å². The molecule has 0 bridgehead atoms. The number of carboxylic acid groups (broad SMARTS) is 1. The van der Waals surface area contributed by atoms with Gasteiger partial charge in [0.2, 0.25) is 0 Å². The van der Waals surface area contributed by atoms with Crippen molar-refractivity contribution in [3.05, 3.63) is 46.6 Å². The minimum absolute atomic E-state index is 0.0405. The molecule has 0 heterocycles. The van der Waals surface area contributed by atoms with E-state index in [1.54, 1.807) is 0 Å². The normalized spacial score (nSPS) is 19.8. The maximum Gasteiger partial charge on any atom is 0.339 e. The number of hydrogen-bond acceptors (Lipinski definition) is 3. The second-order valence-electron chi connectivity index (χ2n) is 6.73. The molecule has 1 aromatic rings. The van der Waals surface area contributed by atoms with Crippen LogP contribution < -0.4 is 0 Å². The minimum atomic E-state index is -1.23. The van der Waals surface area contributed by atoms with Crippen LogP contribution in [0.2, 0.25) is 0 Å². The van der Waals surface area contributed by atoms with Crippen LogP contribution in [0.15, 0.2) is 29.9 Å². The van der Waals surface area contributed by atoms with Gasteiger partial charge in [-0.25, -0.2) is 4.79 Å². The highest BCUT2D eigenvalue weighted by atomic mass is 16.4. The summed E-state index contributed by atoms with van der Waals surface area (Å²) >= 11 is 0. The maximum atomic E-state index is 11.7. The molecule has 0 unspecified atom stereocenters. The molecule has 1 aromatic carbocycles. The second-order valence-corrected chi connectivity index (χ2v) is 6.73. The summed E-state index contributed by atoms with van der Waals surface area (Å²) < 4.78 is 0. The third-order valence-corrected chi connectivity index (χ3v) is 4.87. The summed E-state index contributed by atoms with van der Waals surface area (Å²) in [5.41, 5.74) is 2.51. The summed E-state index contributed by atoms with van der Waals surface area (Å²) in [4.78, 5) is 11.7. The lowest BCUT2D eigenvalue weighted by Gasteiger charge is -2.32. The molecule has 132 valence electrons. The number of aryl methyl sites for hydroxylation is 1. The molecule has 0 spiro atoms. The van der Waals surface area contributed by atoms with Gasteiger partial charge in [-0.05, 0) is 50.7 Å². The third kappa shape index (κ3) is 3.71. The largest absolute Gasteiger partial charge is 0.507 e. The first-order chi connectivity index (χ1) is 11.8. The van der Waals surface area contributed by atoms with Gasteiger partial charge in [0.15, 0.2) is 0 Å². The number of phenols is 2. The van der Waals surface area contributed by atoms with Crippen LogP contribution in [-0.2, 0) is 6.42 Å². The molecule has 4 nitrogen and oxygen atoms in total. The Labute approximate surface area is 148 Å². The Morgan fingerprint density at radius 3 is 2.68 bits per heavy atom. The monoisotopic (exact) mass is 340 g/mol. The molecule has 4 heteroatoms. The molecule has 0 radical (unpaired) electrons. The molecule has 3 N–H and O–H groups in total. The molecule has 1 aliphatic rings.